The maximum atomic E-state index is 12.4. The number of carbonyl (C=O) groups excluding carboxylic acids is 1. The fourth-order valence-electron chi connectivity index (χ4n) is 3.66. The first-order valence-electron chi connectivity index (χ1n) is 11.4. The van der Waals surface area contributed by atoms with Gasteiger partial charge in [-0.05, 0) is 37.4 Å². The smallest absolute Gasteiger partial charge is 0.475 e. The predicted molar refractivity (Wildman–Crippen MR) is 120 cm³/mol. The van der Waals surface area contributed by atoms with E-state index in [0.717, 1.165) is 57.4 Å². The molecule has 2 saturated heterocycles. The Morgan fingerprint density at radius 2 is 1.51 bits per heavy atom. The molecule has 1 unspecified atom stereocenters. The van der Waals surface area contributed by atoms with E-state index in [0.29, 0.717) is 12.3 Å². The highest BCUT2D eigenvalue weighted by Crippen LogP contribution is 2.17. The van der Waals surface area contributed by atoms with Crippen molar-refractivity contribution in [2.45, 2.75) is 38.5 Å². The van der Waals surface area contributed by atoms with Crippen LogP contribution in [-0.2, 0) is 14.4 Å². The van der Waals surface area contributed by atoms with Gasteiger partial charge in [0.25, 0.3) is 0 Å². The summed E-state index contributed by atoms with van der Waals surface area (Å²) >= 11 is 0. The van der Waals surface area contributed by atoms with E-state index in [-0.39, 0.29) is 0 Å². The summed E-state index contributed by atoms with van der Waals surface area (Å²) in [6.45, 7) is 9.00. The monoisotopic (exact) mass is 544 g/mol. The van der Waals surface area contributed by atoms with Crippen molar-refractivity contribution in [2.75, 3.05) is 50.7 Å². The molecule has 1 amide bonds. The highest BCUT2D eigenvalue weighted by atomic mass is 19.4. The summed E-state index contributed by atoms with van der Waals surface area (Å²) < 4.78 is 63.5. The Kier molecular flexibility index (Phi) is 12.6. The second-order valence-electron chi connectivity index (χ2n) is 8.48. The molecule has 2 aliphatic rings. The molecule has 37 heavy (non-hydrogen) atoms. The molecule has 0 saturated carbocycles. The Labute approximate surface area is 209 Å². The third-order valence-corrected chi connectivity index (χ3v) is 5.51. The summed E-state index contributed by atoms with van der Waals surface area (Å²) in [5, 5.41) is 14.2. The van der Waals surface area contributed by atoms with E-state index < -0.39 is 24.3 Å². The zero-order valence-electron chi connectivity index (χ0n) is 20.1. The number of pyridine rings is 1. The Hall–Kier alpha value is -3.10. The van der Waals surface area contributed by atoms with Gasteiger partial charge in [0.2, 0.25) is 5.91 Å². The van der Waals surface area contributed by atoms with E-state index in [1.54, 1.807) is 6.20 Å². The molecule has 3 rings (SSSR count). The van der Waals surface area contributed by atoms with E-state index in [4.69, 9.17) is 19.8 Å². The van der Waals surface area contributed by atoms with Crippen LogP contribution in [0.1, 0.15) is 26.2 Å². The molecule has 2 fully saturated rings. The van der Waals surface area contributed by atoms with Crippen LogP contribution in [0.15, 0.2) is 24.5 Å². The van der Waals surface area contributed by atoms with Crippen molar-refractivity contribution in [3.8, 4) is 0 Å². The molecule has 15 heteroatoms. The van der Waals surface area contributed by atoms with Crippen LogP contribution in [0.5, 0.6) is 0 Å². The molecule has 0 spiro atoms. The van der Waals surface area contributed by atoms with E-state index in [1.807, 2.05) is 17.2 Å². The van der Waals surface area contributed by atoms with Gasteiger partial charge in [-0.3, -0.25) is 9.78 Å². The van der Waals surface area contributed by atoms with Crippen LogP contribution in [0, 0.1) is 5.92 Å². The number of likely N-dealkylation sites (tertiary alicyclic amines) is 1. The number of piperidine rings is 1. The van der Waals surface area contributed by atoms with Crippen molar-refractivity contribution >= 4 is 23.5 Å². The largest absolute Gasteiger partial charge is 0.490 e. The number of hydrogen-bond acceptors (Lipinski definition) is 6. The maximum Gasteiger partial charge on any atom is 0.490 e. The Morgan fingerprint density at radius 3 is 1.95 bits per heavy atom. The summed E-state index contributed by atoms with van der Waals surface area (Å²) in [5.74, 6) is -4.42. The van der Waals surface area contributed by atoms with Crippen LogP contribution in [0.3, 0.4) is 0 Å². The molecule has 2 N–H and O–H groups in total. The zero-order valence-corrected chi connectivity index (χ0v) is 20.1. The van der Waals surface area contributed by atoms with Gasteiger partial charge in [0.1, 0.15) is 0 Å². The minimum absolute atomic E-state index is 0.314. The minimum atomic E-state index is -5.08. The molecule has 0 aromatic carbocycles. The van der Waals surface area contributed by atoms with Gasteiger partial charge in [-0.1, -0.05) is 6.92 Å². The molecule has 1 atom stereocenters. The molecule has 1 aromatic heterocycles. The number of piperazine rings is 1. The number of nitrogens with zero attached hydrogens (tertiary/aromatic N) is 4. The highest BCUT2D eigenvalue weighted by Gasteiger charge is 2.38. The summed E-state index contributed by atoms with van der Waals surface area (Å²) in [6.07, 6.45) is -3.20. The van der Waals surface area contributed by atoms with Gasteiger partial charge in [0.05, 0.1) is 11.9 Å². The van der Waals surface area contributed by atoms with Crippen molar-refractivity contribution < 1.29 is 50.9 Å². The fourth-order valence-corrected chi connectivity index (χ4v) is 3.66. The van der Waals surface area contributed by atoms with E-state index in [1.165, 1.54) is 12.8 Å². The second kappa shape index (κ2) is 14.6. The molecular weight excluding hydrogens is 514 g/mol. The van der Waals surface area contributed by atoms with Crippen LogP contribution in [0.4, 0.5) is 32.0 Å². The Bertz CT molecular complexity index is 837. The number of alkyl halides is 6. The van der Waals surface area contributed by atoms with E-state index in [9.17, 15) is 31.1 Å². The van der Waals surface area contributed by atoms with Gasteiger partial charge in [-0.2, -0.15) is 26.3 Å². The topological polar surface area (TPSA) is 114 Å². The molecule has 0 aliphatic carbocycles. The van der Waals surface area contributed by atoms with E-state index in [2.05, 4.69) is 27.8 Å². The summed E-state index contributed by atoms with van der Waals surface area (Å²) in [4.78, 5) is 41.2. The zero-order chi connectivity index (χ0) is 28.2. The van der Waals surface area contributed by atoms with Crippen molar-refractivity contribution in [1.82, 2.24) is 14.8 Å². The predicted octanol–water partition coefficient (Wildman–Crippen LogP) is 3.12. The number of aliphatic carboxylic acids is 2. The number of halogens is 6. The average Bonchev–Trinajstić information content (AvgIpc) is 2.83. The van der Waals surface area contributed by atoms with Crippen molar-refractivity contribution in [3.63, 3.8) is 0 Å². The molecule has 2 aliphatic heterocycles. The summed E-state index contributed by atoms with van der Waals surface area (Å²) in [7, 11) is 0. The van der Waals surface area contributed by atoms with Gasteiger partial charge >= 0.3 is 24.3 Å². The highest BCUT2D eigenvalue weighted by molar-refractivity contribution is 5.76. The van der Waals surface area contributed by atoms with Crippen LogP contribution in [0.25, 0.3) is 0 Å². The first kappa shape index (κ1) is 31.9. The number of hydrogen-bond donors (Lipinski definition) is 2. The van der Waals surface area contributed by atoms with Crippen LogP contribution < -0.4 is 4.90 Å². The molecule has 9 nitrogen and oxygen atoms in total. The number of rotatable bonds is 4. The minimum Gasteiger partial charge on any atom is -0.475 e. The standard InChI is InChI=1S/C18H28N4O.2C2HF3O2/c1-16-4-3-8-20(15-16)9-6-18(23)22-12-10-21(11-13-22)17-5-2-7-19-14-17;2*3-2(4,5)1(6)7/h2,5,7,14,16H,3-4,6,8-13,15H2,1H3;2*(H,6,7). The van der Waals surface area contributed by atoms with Crippen LogP contribution in [-0.4, -0.2) is 101 Å². The quantitative estimate of drug-likeness (QED) is 0.556. The Balaban J connectivity index is 0.000000404. The maximum absolute atomic E-state index is 12.4. The van der Waals surface area contributed by atoms with Crippen molar-refractivity contribution in [3.05, 3.63) is 24.5 Å². The molecule has 0 bridgehead atoms. The van der Waals surface area contributed by atoms with E-state index >= 15 is 0 Å². The molecular formula is C22H30F6N4O5. The number of amides is 1. The van der Waals surface area contributed by atoms with Gasteiger partial charge in [0, 0.05) is 51.9 Å². The lowest BCUT2D eigenvalue weighted by Gasteiger charge is -2.36. The second-order valence-corrected chi connectivity index (χ2v) is 8.48. The van der Waals surface area contributed by atoms with Crippen molar-refractivity contribution in [1.29, 1.82) is 0 Å². The first-order valence-corrected chi connectivity index (χ1v) is 11.4. The van der Waals surface area contributed by atoms with Crippen LogP contribution >= 0.6 is 0 Å². The van der Waals surface area contributed by atoms with Gasteiger partial charge in [-0.15, -0.1) is 0 Å². The molecule has 1 aromatic rings. The average molecular weight is 544 g/mol. The number of anilines is 1. The lowest BCUT2D eigenvalue weighted by atomic mass is 10.0. The number of carbonyl (C=O) groups is 3. The van der Waals surface area contributed by atoms with Gasteiger partial charge in [-0.25, -0.2) is 9.59 Å². The van der Waals surface area contributed by atoms with Gasteiger partial charge in [0.15, 0.2) is 0 Å². The Morgan fingerprint density at radius 1 is 0.973 bits per heavy atom. The number of carboxylic acids is 2. The third kappa shape index (κ3) is 12.6. The lowest BCUT2D eigenvalue weighted by molar-refractivity contribution is -0.193. The number of carboxylic acid groups (broad SMARTS) is 2. The summed E-state index contributed by atoms with van der Waals surface area (Å²) in [6, 6.07) is 4.05. The normalized spacial score (nSPS) is 18.6. The molecule has 0 radical (unpaired) electrons. The SMILES string of the molecule is CC1CCCN(CCC(=O)N2CCN(c3cccnc3)CC2)C1.O=C(O)C(F)(F)F.O=C(O)C(F)(F)F. The third-order valence-electron chi connectivity index (χ3n) is 5.51. The van der Waals surface area contributed by atoms with Crippen LogP contribution in [0.2, 0.25) is 0 Å². The van der Waals surface area contributed by atoms with Gasteiger partial charge < -0.3 is 24.9 Å². The molecule has 3 heterocycles. The summed E-state index contributed by atoms with van der Waals surface area (Å²) in [5.41, 5.74) is 1.15. The number of aromatic nitrogens is 1. The lowest BCUT2D eigenvalue weighted by Crippen LogP contribution is -2.49. The van der Waals surface area contributed by atoms with Crippen molar-refractivity contribution in [2.24, 2.45) is 5.92 Å². The molecule has 210 valence electrons. The fraction of sp³-hybridized carbons (Fsp3) is 0.636. The first-order chi connectivity index (χ1) is 17.1.